The zero-order chi connectivity index (χ0) is 8.93. The molecule has 0 aliphatic heterocycles. The van der Waals surface area contributed by atoms with Crippen molar-refractivity contribution in [1.82, 2.24) is 15.2 Å². The smallest absolute Gasteiger partial charge is 0.238 e. The second kappa shape index (κ2) is 3.62. The van der Waals surface area contributed by atoms with Crippen molar-refractivity contribution < 1.29 is 4.74 Å². The van der Waals surface area contributed by atoms with Crippen molar-refractivity contribution >= 4 is 0 Å². The summed E-state index contributed by atoms with van der Waals surface area (Å²) in [5, 5.41) is 7.28. The lowest BCUT2D eigenvalue weighted by molar-refractivity contribution is 0.453. The largest absolute Gasteiger partial charge is 0.436 e. The van der Waals surface area contributed by atoms with Crippen molar-refractivity contribution in [2.24, 2.45) is 0 Å². The van der Waals surface area contributed by atoms with Gasteiger partial charge in [0.1, 0.15) is 11.9 Å². The Hall–Kier alpha value is -1.97. The van der Waals surface area contributed by atoms with Crippen LogP contribution in [0.5, 0.6) is 11.6 Å². The van der Waals surface area contributed by atoms with Crippen LogP contribution in [0.4, 0.5) is 0 Å². The number of nitrogens with zero attached hydrogens (tertiary/aromatic N) is 3. The summed E-state index contributed by atoms with van der Waals surface area (Å²) in [7, 11) is 0. The Bertz CT molecular complexity index is 326. The number of rotatable bonds is 2. The van der Waals surface area contributed by atoms with E-state index < -0.39 is 0 Å². The van der Waals surface area contributed by atoms with Crippen molar-refractivity contribution in [2.75, 3.05) is 0 Å². The van der Waals surface area contributed by atoms with Crippen molar-refractivity contribution in [3.05, 3.63) is 42.9 Å². The molecule has 2 rings (SSSR count). The maximum absolute atomic E-state index is 5.32. The summed E-state index contributed by atoms with van der Waals surface area (Å²) in [5.74, 6) is 1.08. The highest BCUT2D eigenvalue weighted by molar-refractivity contribution is 5.21. The van der Waals surface area contributed by atoms with Gasteiger partial charge in [-0.3, -0.25) is 4.98 Å². The predicted molar refractivity (Wildman–Crippen MR) is 45.2 cm³/mol. The van der Waals surface area contributed by atoms with E-state index >= 15 is 0 Å². The van der Waals surface area contributed by atoms with Crippen LogP contribution in [0.25, 0.3) is 0 Å². The first-order valence-corrected chi connectivity index (χ1v) is 3.73. The minimum absolute atomic E-state index is 0.437. The molecule has 1 radical (unpaired) electrons. The van der Waals surface area contributed by atoms with Crippen LogP contribution in [-0.4, -0.2) is 15.2 Å². The van der Waals surface area contributed by atoms with Crippen LogP contribution in [0.3, 0.4) is 0 Å². The third-order valence-electron chi connectivity index (χ3n) is 1.36. The van der Waals surface area contributed by atoms with Gasteiger partial charge in [-0.25, -0.2) is 0 Å². The maximum Gasteiger partial charge on any atom is 0.238 e. The highest BCUT2D eigenvalue weighted by atomic mass is 16.5. The molecule has 0 N–H and O–H groups in total. The fourth-order valence-corrected chi connectivity index (χ4v) is 0.836. The van der Waals surface area contributed by atoms with Crippen LogP contribution in [0, 0.1) is 6.20 Å². The second-order valence-electron chi connectivity index (χ2n) is 2.29. The summed E-state index contributed by atoms with van der Waals surface area (Å²) in [6, 6.07) is 6.90. The quantitative estimate of drug-likeness (QED) is 0.688. The van der Waals surface area contributed by atoms with Crippen molar-refractivity contribution in [1.29, 1.82) is 0 Å². The predicted octanol–water partition coefficient (Wildman–Crippen LogP) is 1.46. The van der Waals surface area contributed by atoms with Gasteiger partial charge in [-0.1, -0.05) is 0 Å². The average molecular weight is 172 g/mol. The van der Waals surface area contributed by atoms with E-state index in [1.807, 2.05) is 0 Å². The summed E-state index contributed by atoms with van der Waals surface area (Å²) in [4.78, 5) is 3.90. The molecule has 2 aromatic heterocycles. The second-order valence-corrected chi connectivity index (χ2v) is 2.29. The van der Waals surface area contributed by atoms with Gasteiger partial charge < -0.3 is 4.74 Å². The summed E-state index contributed by atoms with van der Waals surface area (Å²) in [6.45, 7) is 0. The standard InChI is InChI=1S/C9H6N3O/c1-3-8(7-10-5-1)13-9-4-2-6-11-12-9/h1-5,7H. The Balaban J connectivity index is 2.16. The zero-order valence-corrected chi connectivity index (χ0v) is 6.71. The molecule has 4 nitrogen and oxygen atoms in total. The molecular weight excluding hydrogens is 166 g/mol. The van der Waals surface area contributed by atoms with E-state index in [2.05, 4.69) is 21.4 Å². The van der Waals surface area contributed by atoms with E-state index in [0.29, 0.717) is 11.6 Å². The fraction of sp³-hybridized carbons (Fsp3) is 0. The zero-order valence-electron chi connectivity index (χ0n) is 6.71. The Labute approximate surface area is 75.2 Å². The molecule has 0 fully saturated rings. The lowest BCUT2D eigenvalue weighted by Crippen LogP contribution is -1.89. The van der Waals surface area contributed by atoms with Gasteiger partial charge in [0.15, 0.2) is 0 Å². The fourth-order valence-electron chi connectivity index (χ4n) is 0.836. The summed E-state index contributed by atoms with van der Waals surface area (Å²) in [6.07, 6.45) is 5.85. The first kappa shape index (κ1) is 7.67. The maximum atomic E-state index is 5.32. The third kappa shape index (κ3) is 1.99. The van der Waals surface area contributed by atoms with Crippen LogP contribution in [0.1, 0.15) is 0 Å². The molecule has 4 heteroatoms. The highest BCUT2D eigenvalue weighted by Gasteiger charge is 1.95. The molecule has 0 atom stereocenters. The average Bonchev–Trinajstić information content (AvgIpc) is 2.21. The molecule has 63 valence electrons. The van der Waals surface area contributed by atoms with E-state index in [9.17, 15) is 0 Å². The third-order valence-corrected chi connectivity index (χ3v) is 1.36. The molecule has 0 unspecified atom stereocenters. The first-order chi connectivity index (χ1) is 6.45. The molecule has 2 heterocycles. The normalized spacial score (nSPS) is 9.54. The van der Waals surface area contributed by atoms with Crippen LogP contribution in [0.15, 0.2) is 36.7 Å². The van der Waals surface area contributed by atoms with Gasteiger partial charge in [-0.15, -0.1) is 10.2 Å². The molecule has 0 saturated carbocycles. The van der Waals surface area contributed by atoms with E-state index in [1.165, 1.54) is 0 Å². The summed E-state index contributed by atoms with van der Waals surface area (Å²) >= 11 is 0. The first-order valence-electron chi connectivity index (χ1n) is 3.73. The molecule has 0 saturated heterocycles. The van der Waals surface area contributed by atoms with Gasteiger partial charge in [0.2, 0.25) is 5.88 Å². The Morgan fingerprint density at radius 2 is 2.31 bits per heavy atom. The van der Waals surface area contributed by atoms with Gasteiger partial charge in [0.05, 0.1) is 6.20 Å². The van der Waals surface area contributed by atoms with Crippen molar-refractivity contribution in [3.63, 3.8) is 0 Å². The van der Waals surface area contributed by atoms with E-state index in [0.717, 1.165) is 0 Å². The number of hydrogen-bond acceptors (Lipinski definition) is 4. The van der Waals surface area contributed by atoms with Crippen LogP contribution < -0.4 is 4.74 Å². The van der Waals surface area contributed by atoms with Gasteiger partial charge in [0, 0.05) is 12.3 Å². The van der Waals surface area contributed by atoms with Crippen LogP contribution >= 0.6 is 0 Å². The molecule has 0 spiro atoms. The van der Waals surface area contributed by atoms with Crippen LogP contribution in [-0.2, 0) is 0 Å². The number of aromatic nitrogens is 3. The Kier molecular flexibility index (Phi) is 2.14. The minimum Gasteiger partial charge on any atom is -0.436 e. The molecule has 2 aromatic rings. The van der Waals surface area contributed by atoms with Gasteiger partial charge >= 0.3 is 0 Å². The van der Waals surface area contributed by atoms with Crippen molar-refractivity contribution in [2.45, 2.75) is 0 Å². The molecule has 0 amide bonds. The minimum atomic E-state index is 0.437. The lowest BCUT2D eigenvalue weighted by Gasteiger charge is -2.00. The van der Waals surface area contributed by atoms with Crippen LogP contribution in [0.2, 0.25) is 0 Å². The molecular formula is C9H6N3O. The summed E-state index contributed by atoms with van der Waals surface area (Å²) < 4.78 is 5.32. The SMILES string of the molecule is [c]1ccc(Oc2cccnc2)nn1. The van der Waals surface area contributed by atoms with E-state index in [-0.39, 0.29) is 0 Å². The number of hydrogen-bond donors (Lipinski definition) is 0. The van der Waals surface area contributed by atoms with E-state index in [4.69, 9.17) is 4.74 Å². The van der Waals surface area contributed by atoms with Gasteiger partial charge in [0.25, 0.3) is 0 Å². The van der Waals surface area contributed by atoms with Gasteiger partial charge in [-0.05, 0) is 18.2 Å². The lowest BCUT2D eigenvalue weighted by atomic mass is 10.5. The van der Waals surface area contributed by atoms with E-state index in [1.54, 1.807) is 36.7 Å². The highest BCUT2D eigenvalue weighted by Crippen LogP contribution is 2.15. The molecule has 0 aliphatic rings. The van der Waals surface area contributed by atoms with Gasteiger partial charge in [-0.2, -0.15) is 0 Å². The molecule has 0 aliphatic carbocycles. The summed E-state index contributed by atoms with van der Waals surface area (Å²) in [5.41, 5.74) is 0. The molecule has 0 aromatic carbocycles. The number of pyridine rings is 1. The molecule has 0 bridgehead atoms. The Morgan fingerprint density at radius 1 is 1.31 bits per heavy atom. The Morgan fingerprint density at radius 3 is 3.00 bits per heavy atom. The number of ether oxygens (including phenoxy) is 1. The molecule has 13 heavy (non-hydrogen) atoms. The van der Waals surface area contributed by atoms with Crippen molar-refractivity contribution in [3.8, 4) is 11.6 Å². The monoisotopic (exact) mass is 172 g/mol. The topological polar surface area (TPSA) is 47.9 Å².